The third-order valence-corrected chi connectivity index (χ3v) is 5.86. The third-order valence-electron chi connectivity index (χ3n) is 5.12. The van der Waals surface area contributed by atoms with Gasteiger partial charge in [0.1, 0.15) is 11.5 Å². The molecule has 0 bridgehead atoms. The lowest BCUT2D eigenvalue weighted by Crippen LogP contribution is -2.01. The van der Waals surface area contributed by atoms with Crippen molar-refractivity contribution in [2.24, 2.45) is 0 Å². The van der Waals surface area contributed by atoms with Crippen LogP contribution >= 0.6 is 23.2 Å². The van der Waals surface area contributed by atoms with Gasteiger partial charge in [0.2, 0.25) is 0 Å². The molecule has 2 aromatic carbocycles. The Morgan fingerprint density at radius 3 is 2.55 bits per heavy atom. The summed E-state index contributed by atoms with van der Waals surface area (Å²) in [5, 5.41) is 5.49. The molecule has 0 radical (unpaired) electrons. The average molecular weight is 445 g/mol. The summed E-state index contributed by atoms with van der Waals surface area (Å²) >= 11 is 12.1. The highest BCUT2D eigenvalue weighted by atomic mass is 35.5. The smallest absolute Gasteiger partial charge is 0.137 e. The second-order valence-electron chi connectivity index (χ2n) is 7.20. The largest absolute Gasteiger partial charge is 0.366 e. The summed E-state index contributed by atoms with van der Waals surface area (Å²) < 4.78 is 0. The molecule has 0 atom stereocenters. The molecule has 0 aliphatic rings. The number of benzene rings is 2. The van der Waals surface area contributed by atoms with Gasteiger partial charge < -0.3 is 10.3 Å². The summed E-state index contributed by atoms with van der Waals surface area (Å²) in [7, 11) is 0. The minimum atomic E-state index is 0.545. The second kappa shape index (κ2) is 8.42. The highest BCUT2D eigenvalue weighted by molar-refractivity contribution is 6.42. The van der Waals surface area contributed by atoms with Crippen molar-refractivity contribution in [2.45, 2.75) is 6.54 Å². The maximum Gasteiger partial charge on any atom is 0.137 e. The Morgan fingerprint density at radius 1 is 0.839 bits per heavy atom. The van der Waals surface area contributed by atoms with E-state index in [9.17, 15) is 0 Å². The van der Waals surface area contributed by atoms with Crippen molar-refractivity contribution in [3.05, 3.63) is 101 Å². The molecule has 0 aliphatic carbocycles. The van der Waals surface area contributed by atoms with E-state index >= 15 is 0 Å². The Balaban J connectivity index is 1.44. The van der Waals surface area contributed by atoms with Crippen LogP contribution in [0.25, 0.3) is 33.4 Å². The van der Waals surface area contributed by atoms with Crippen LogP contribution in [0.15, 0.2) is 85.2 Å². The van der Waals surface area contributed by atoms with Gasteiger partial charge >= 0.3 is 0 Å². The van der Waals surface area contributed by atoms with E-state index in [1.807, 2.05) is 60.9 Å². The number of aromatic nitrogens is 3. The fraction of sp³-hybridized carbons (Fsp3) is 0.0400. The first-order chi connectivity index (χ1) is 15.2. The minimum Gasteiger partial charge on any atom is -0.366 e. The third kappa shape index (κ3) is 4.13. The summed E-state index contributed by atoms with van der Waals surface area (Å²) in [6, 6.07) is 23.9. The summed E-state index contributed by atoms with van der Waals surface area (Å²) in [4.78, 5) is 12.7. The molecule has 0 saturated heterocycles. The van der Waals surface area contributed by atoms with Crippen LogP contribution in [0.1, 0.15) is 5.56 Å². The Bertz CT molecular complexity index is 1360. The predicted molar refractivity (Wildman–Crippen MR) is 129 cm³/mol. The van der Waals surface area contributed by atoms with Crippen molar-refractivity contribution in [3.63, 3.8) is 0 Å². The number of pyridine rings is 2. The number of nitrogens with zero attached hydrogens (tertiary/aromatic N) is 2. The van der Waals surface area contributed by atoms with Crippen molar-refractivity contribution in [3.8, 4) is 22.4 Å². The number of fused-ring (bicyclic) bond motifs is 1. The predicted octanol–water partition coefficient (Wildman–Crippen LogP) is 7.21. The number of nitrogens with one attached hydrogen (secondary N) is 2. The zero-order valence-corrected chi connectivity index (χ0v) is 18.0. The number of halogens is 2. The number of H-pyrrole nitrogens is 1. The van der Waals surface area contributed by atoms with Gasteiger partial charge in [-0.1, -0.05) is 65.7 Å². The van der Waals surface area contributed by atoms with Gasteiger partial charge in [-0.2, -0.15) is 0 Å². The van der Waals surface area contributed by atoms with E-state index in [0.717, 1.165) is 44.8 Å². The number of hydrogen-bond acceptors (Lipinski definition) is 3. The van der Waals surface area contributed by atoms with Crippen LogP contribution in [0.3, 0.4) is 0 Å². The van der Waals surface area contributed by atoms with E-state index in [4.69, 9.17) is 28.2 Å². The minimum absolute atomic E-state index is 0.545. The Labute approximate surface area is 189 Å². The molecule has 0 unspecified atom stereocenters. The molecule has 2 N–H and O–H groups in total. The van der Waals surface area contributed by atoms with Gasteiger partial charge in [-0.3, -0.25) is 0 Å². The monoisotopic (exact) mass is 444 g/mol. The Kier molecular flexibility index (Phi) is 5.33. The van der Waals surface area contributed by atoms with E-state index in [1.165, 1.54) is 0 Å². The maximum absolute atomic E-state index is 6.12. The lowest BCUT2D eigenvalue weighted by molar-refractivity contribution is 1.11. The molecule has 0 aliphatic heterocycles. The standard InChI is InChI=1S/C25H18Cl2N4/c26-21-10-9-16(11-22(21)27)13-28-24-8-4-7-23(31-24)20-15-30-25-19(20)12-18(14-29-25)17-5-2-1-3-6-17/h1-12,14-15H,13H2,(H,28,31)(H,29,30). The van der Waals surface area contributed by atoms with Crippen molar-refractivity contribution in [2.75, 3.05) is 5.32 Å². The summed E-state index contributed by atoms with van der Waals surface area (Å²) in [6.45, 7) is 0.598. The van der Waals surface area contributed by atoms with Crippen LogP contribution in [-0.4, -0.2) is 15.0 Å². The quantitative estimate of drug-likeness (QED) is 0.301. The first-order valence-electron chi connectivity index (χ1n) is 9.85. The topological polar surface area (TPSA) is 53.6 Å². The molecule has 3 aromatic heterocycles. The highest BCUT2D eigenvalue weighted by Crippen LogP contribution is 2.30. The molecule has 0 spiro atoms. The lowest BCUT2D eigenvalue weighted by atomic mass is 10.0. The SMILES string of the molecule is Clc1ccc(CNc2cccc(-c3c[nH]c4ncc(-c5ccccc5)cc34)n2)cc1Cl. The first kappa shape index (κ1) is 19.6. The molecule has 5 rings (SSSR count). The van der Waals surface area contributed by atoms with Crippen LogP contribution in [0, 0.1) is 0 Å². The molecule has 152 valence electrons. The maximum atomic E-state index is 6.12. The van der Waals surface area contributed by atoms with Crippen LogP contribution in [0.5, 0.6) is 0 Å². The van der Waals surface area contributed by atoms with Crippen LogP contribution < -0.4 is 5.32 Å². The van der Waals surface area contributed by atoms with Gasteiger partial charge in [0.15, 0.2) is 0 Å². The van der Waals surface area contributed by atoms with Crippen molar-refractivity contribution in [1.82, 2.24) is 15.0 Å². The molecular formula is C25H18Cl2N4. The van der Waals surface area contributed by atoms with Crippen LogP contribution in [0.4, 0.5) is 5.82 Å². The molecule has 5 aromatic rings. The van der Waals surface area contributed by atoms with Crippen molar-refractivity contribution >= 4 is 40.1 Å². The zero-order chi connectivity index (χ0) is 21.2. The summed E-state index contributed by atoms with van der Waals surface area (Å²) in [5.41, 5.74) is 5.96. The van der Waals surface area contributed by atoms with Gasteiger partial charge in [-0.15, -0.1) is 0 Å². The summed E-state index contributed by atoms with van der Waals surface area (Å²) in [6.07, 6.45) is 3.85. The number of rotatable bonds is 5. The number of aromatic amines is 1. The number of hydrogen-bond donors (Lipinski definition) is 2. The second-order valence-corrected chi connectivity index (χ2v) is 8.01. The highest BCUT2D eigenvalue weighted by Gasteiger charge is 2.11. The molecule has 6 heteroatoms. The molecular weight excluding hydrogens is 427 g/mol. The van der Waals surface area contributed by atoms with E-state index in [1.54, 1.807) is 6.07 Å². The fourth-order valence-electron chi connectivity index (χ4n) is 3.53. The molecule has 0 amide bonds. The Hall–Kier alpha value is -3.34. The van der Waals surface area contributed by atoms with E-state index in [0.29, 0.717) is 16.6 Å². The first-order valence-corrected chi connectivity index (χ1v) is 10.6. The fourth-order valence-corrected chi connectivity index (χ4v) is 3.85. The molecule has 0 saturated carbocycles. The molecule has 31 heavy (non-hydrogen) atoms. The summed E-state index contributed by atoms with van der Waals surface area (Å²) in [5.74, 6) is 0.782. The van der Waals surface area contributed by atoms with Gasteiger partial charge in [-0.05, 0) is 41.5 Å². The molecule has 3 heterocycles. The Morgan fingerprint density at radius 2 is 1.71 bits per heavy atom. The van der Waals surface area contributed by atoms with Gasteiger partial charge in [0, 0.05) is 35.5 Å². The van der Waals surface area contributed by atoms with E-state index in [2.05, 4.69) is 33.5 Å². The van der Waals surface area contributed by atoms with Gasteiger partial charge in [0.05, 0.1) is 15.7 Å². The number of anilines is 1. The van der Waals surface area contributed by atoms with Gasteiger partial charge in [-0.25, -0.2) is 9.97 Å². The van der Waals surface area contributed by atoms with Crippen molar-refractivity contribution < 1.29 is 0 Å². The molecule has 4 nitrogen and oxygen atoms in total. The lowest BCUT2D eigenvalue weighted by Gasteiger charge is -2.08. The van der Waals surface area contributed by atoms with Crippen LogP contribution in [-0.2, 0) is 6.54 Å². The van der Waals surface area contributed by atoms with Crippen LogP contribution in [0.2, 0.25) is 10.0 Å². The van der Waals surface area contributed by atoms with Gasteiger partial charge in [0.25, 0.3) is 0 Å². The van der Waals surface area contributed by atoms with Crippen molar-refractivity contribution in [1.29, 1.82) is 0 Å². The normalized spacial score (nSPS) is 11.0. The average Bonchev–Trinajstić information content (AvgIpc) is 3.24. The van der Waals surface area contributed by atoms with E-state index < -0.39 is 0 Å². The zero-order valence-electron chi connectivity index (χ0n) is 16.4. The van der Waals surface area contributed by atoms with E-state index in [-0.39, 0.29) is 0 Å². The molecule has 0 fully saturated rings.